The van der Waals surface area contributed by atoms with Crippen LogP contribution in [0.25, 0.3) is 4.85 Å². The SMILES string of the molecule is [C-]#[N+]c1ccc(N2C[C@@H]3[C@H]4O[C@@H](C[C@H]4O)[C@@H]3S2(=O)=O)cc1C(F)(F)F. The normalized spacial score (nSPS) is 35.6. The van der Waals surface area contributed by atoms with Gasteiger partial charge in [0.2, 0.25) is 10.0 Å². The summed E-state index contributed by atoms with van der Waals surface area (Å²) >= 11 is 0. The van der Waals surface area contributed by atoms with Gasteiger partial charge in [0, 0.05) is 24.6 Å². The highest BCUT2D eigenvalue weighted by Crippen LogP contribution is 2.49. The largest absolute Gasteiger partial charge is 0.407 e. The Morgan fingerprint density at radius 2 is 2.08 bits per heavy atom. The van der Waals surface area contributed by atoms with Crippen molar-refractivity contribution in [3.05, 3.63) is 35.2 Å². The van der Waals surface area contributed by atoms with E-state index in [-0.39, 0.29) is 18.7 Å². The second-order valence-electron chi connectivity index (χ2n) is 6.46. The third-order valence-corrected chi connectivity index (χ3v) is 7.43. The number of alkyl halides is 3. The second kappa shape index (κ2) is 5.09. The number of rotatable bonds is 1. The van der Waals surface area contributed by atoms with Crippen molar-refractivity contribution in [2.75, 3.05) is 10.8 Å². The number of ether oxygens (including phenoxy) is 1. The summed E-state index contributed by atoms with van der Waals surface area (Å²) in [6.45, 7) is 6.82. The molecule has 3 fully saturated rings. The summed E-state index contributed by atoms with van der Waals surface area (Å²) in [6, 6.07) is 2.89. The monoisotopic (exact) mass is 374 g/mol. The first kappa shape index (κ1) is 16.6. The summed E-state index contributed by atoms with van der Waals surface area (Å²) < 4.78 is 71.5. The quantitative estimate of drug-likeness (QED) is 0.763. The van der Waals surface area contributed by atoms with Crippen LogP contribution in [-0.4, -0.2) is 43.6 Å². The maximum absolute atomic E-state index is 13.1. The molecule has 0 aliphatic carbocycles. The summed E-state index contributed by atoms with van der Waals surface area (Å²) in [5.41, 5.74) is -1.86. The Kier molecular flexibility index (Phi) is 3.39. The number of halogens is 3. The van der Waals surface area contributed by atoms with Crippen molar-refractivity contribution in [1.82, 2.24) is 0 Å². The van der Waals surface area contributed by atoms with E-state index in [1.807, 2.05) is 0 Å². The zero-order chi connectivity index (χ0) is 18.1. The van der Waals surface area contributed by atoms with Crippen molar-refractivity contribution in [3.63, 3.8) is 0 Å². The molecule has 0 amide bonds. The number of fused-ring (bicyclic) bond motifs is 5. The highest BCUT2D eigenvalue weighted by Gasteiger charge is 2.64. The van der Waals surface area contributed by atoms with E-state index in [0.717, 1.165) is 10.4 Å². The highest BCUT2D eigenvalue weighted by atomic mass is 32.2. The van der Waals surface area contributed by atoms with Crippen LogP contribution in [0.15, 0.2) is 18.2 Å². The number of sulfonamides is 1. The Morgan fingerprint density at radius 3 is 2.72 bits per heavy atom. The molecule has 10 heteroatoms. The minimum Gasteiger partial charge on any atom is -0.390 e. The molecular weight excluding hydrogens is 361 g/mol. The molecule has 0 saturated carbocycles. The minimum absolute atomic E-state index is 0.0418. The lowest BCUT2D eigenvalue weighted by Crippen LogP contribution is -2.40. The number of aliphatic hydroxyl groups is 1. The van der Waals surface area contributed by atoms with Crippen molar-refractivity contribution in [1.29, 1.82) is 0 Å². The number of benzene rings is 1. The molecule has 0 spiro atoms. The lowest BCUT2D eigenvalue weighted by atomic mass is 9.87. The molecule has 0 radical (unpaired) electrons. The van der Waals surface area contributed by atoms with Gasteiger partial charge in [-0.05, 0) is 12.1 Å². The zero-order valence-corrected chi connectivity index (χ0v) is 13.5. The van der Waals surface area contributed by atoms with Crippen molar-refractivity contribution >= 4 is 21.4 Å². The topological polar surface area (TPSA) is 71.2 Å². The van der Waals surface area contributed by atoms with E-state index in [9.17, 15) is 26.7 Å². The third kappa shape index (κ3) is 2.26. The predicted molar refractivity (Wildman–Crippen MR) is 80.5 cm³/mol. The second-order valence-corrected chi connectivity index (χ2v) is 8.47. The van der Waals surface area contributed by atoms with Gasteiger partial charge in [-0.15, -0.1) is 0 Å². The van der Waals surface area contributed by atoms with Gasteiger partial charge in [0.15, 0.2) is 5.69 Å². The Labute approximate surface area is 141 Å². The summed E-state index contributed by atoms with van der Waals surface area (Å²) in [5.74, 6) is -0.478. The van der Waals surface area contributed by atoms with Gasteiger partial charge in [-0.25, -0.2) is 13.3 Å². The molecule has 0 unspecified atom stereocenters. The van der Waals surface area contributed by atoms with Crippen LogP contribution in [0.5, 0.6) is 0 Å². The number of nitrogens with zero attached hydrogens (tertiary/aromatic N) is 2. The van der Waals surface area contributed by atoms with Crippen LogP contribution in [0, 0.1) is 12.5 Å². The van der Waals surface area contributed by atoms with E-state index in [1.165, 1.54) is 6.07 Å². The summed E-state index contributed by atoms with van der Waals surface area (Å²) in [5, 5.41) is 9.04. The molecule has 2 bridgehead atoms. The zero-order valence-electron chi connectivity index (χ0n) is 12.6. The molecule has 3 heterocycles. The lowest BCUT2D eigenvalue weighted by Gasteiger charge is -2.22. The fourth-order valence-electron chi connectivity index (χ4n) is 4.10. The van der Waals surface area contributed by atoms with E-state index in [1.54, 1.807) is 0 Å². The van der Waals surface area contributed by atoms with E-state index in [4.69, 9.17) is 11.3 Å². The Morgan fingerprint density at radius 1 is 1.36 bits per heavy atom. The molecule has 3 aliphatic heterocycles. The van der Waals surface area contributed by atoms with Gasteiger partial charge in [-0.3, -0.25) is 4.31 Å². The maximum Gasteiger partial charge on any atom is 0.407 e. The molecule has 25 heavy (non-hydrogen) atoms. The van der Waals surface area contributed by atoms with Crippen LogP contribution >= 0.6 is 0 Å². The summed E-state index contributed by atoms with van der Waals surface area (Å²) in [4.78, 5) is 2.85. The van der Waals surface area contributed by atoms with Gasteiger partial charge in [-0.2, -0.15) is 13.2 Å². The average Bonchev–Trinajstić information content (AvgIpc) is 3.15. The molecule has 1 aromatic rings. The van der Waals surface area contributed by atoms with Crippen molar-refractivity contribution in [2.24, 2.45) is 5.92 Å². The average molecular weight is 374 g/mol. The molecule has 4 rings (SSSR count). The fraction of sp³-hybridized carbons (Fsp3) is 0.533. The van der Waals surface area contributed by atoms with Crippen LogP contribution in [-0.2, 0) is 20.9 Å². The van der Waals surface area contributed by atoms with Gasteiger partial charge in [0.25, 0.3) is 0 Å². The van der Waals surface area contributed by atoms with Gasteiger partial charge in [0.1, 0.15) is 5.25 Å². The van der Waals surface area contributed by atoms with Crippen molar-refractivity contribution < 1.29 is 31.4 Å². The smallest absolute Gasteiger partial charge is 0.390 e. The fourth-order valence-corrected chi connectivity index (χ4v) is 6.42. The number of aliphatic hydroxyl groups excluding tert-OH is 1. The number of hydrogen-bond donors (Lipinski definition) is 1. The van der Waals surface area contributed by atoms with Crippen molar-refractivity contribution in [3.8, 4) is 0 Å². The molecule has 1 N–H and O–H groups in total. The van der Waals surface area contributed by atoms with Crippen LogP contribution < -0.4 is 4.31 Å². The van der Waals surface area contributed by atoms with E-state index in [0.29, 0.717) is 6.07 Å². The van der Waals surface area contributed by atoms with Crippen molar-refractivity contribution in [2.45, 2.75) is 36.2 Å². The molecule has 3 saturated heterocycles. The first-order valence-electron chi connectivity index (χ1n) is 7.58. The van der Waals surface area contributed by atoms with Gasteiger partial charge < -0.3 is 9.84 Å². The Hall–Kier alpha value is -1.83. The minimum atomic E-state index is -4.76. The van der Waals surface area contributed by atoms with Gasteiger partial charge in [-0.1, -0.05) is 6.07 Å². The Bertz CT molecular complexity index is 880. The van der Waals surface area contributed by atoms with Gasteiger partial charge in [0.05, 0.1) is 30.4 Å². The maximum atomic E-state index is 13.1. The summed E-state index contributed by atoms with van der Waals surface area (Å²) in [6.07, 6.45) is -6.54. The molecule has 1 aromatic carbocycles. The number of anilines is 1. The van der Waals surface area contributed by atoms with E-state index >= 15 is 0 Å². The standard InChI is InChI=1S/C15H13F3N2O4S/c1-19-10-3-2-7(4-9(10)15(16,17)18)20-6-8-13-11(21)5-12(24-13)14(8)25(20,22)23/h2-4,8,11-14,21H,5-6H2/t8-,11-,12+,13-,14-/m1/s1. The highest BCUT2D eigenvalue weighted by molar-refractivity contribution is 7.93. The predicted octanol–water partition coefficient (Wildman–Crippen LogP) is 1.92. The third-order valence-electron chi connectivity index (χ3n) is 5.12. The van der Waals surface area contributed by atoms with Crippen LogP contribution in [0.3, 0.4) is 0 Å². The lowest BCUT2D eigenvalue weighted by molar-refractivity contribution is -0.136. The molecule has 134 valence electrons. The molecular formula is C15H13F3N2O4S. The molecule has 6 nitrogen and oxygen atoms in total. The first-order chi connectivity index (χ1) is 11.6. The van der Waals surface area contributed by atoms with Crippen LogP contribution in [0.2, 0.25) is 0 Å². The molecule has 0 aromatic heterocycles. The number of hydrogen-bond acceptors (Lipinski definition) is 4. The molecule has 5 atom stereocenters. The van der Waals surface area contributed by atoms with Gasteiger partial charge >= 0.3 is 6.18 Å². The Balaban J connectivity index is 1.76. The van der Waals surface area contributed by atoms with E-state index in [2.05, 4.69) is 4.85 Å². The van der Waals surface area contributed by atoms with E-state index < -0.39 is 56.9 Å². The van der Waals surface area contributed by atoms with Crippen LogP contribution in [0.1, 0.15) is 12.0 Å². The first-order valence-corrected chi connectivity index (χ1v) is 9.08. The molecule has 3 aliphatic rings. The summed E-state index contributed by atoms with van der Waals surface area (Å²) in [7, 11) is -3.90. The van der Waals surface area contributed by atoms with Crippen LogP contribution in [0.4, 0.5) is 24.5 Å².